The molecule has 2 heterocycles. The Morgan fingerprint density at radius 3 is 2.70 bits per heavy atom. The average Bonchev–Trinajstić information content (AvgIpc) is 2.41. The van der Waals surface area contributed by atoms with Crippen molar-refractivity contribution in [2.75, 3.05) is 25.0 Å². The Kier molecular flexibility index (Phi) is 4.43. The van der Waals surface area contributed by atoms with Crippen molar-refractivity contribution in [2.24, 2.45) is 5.41 Å². The normalized spacial score (nSPS) is 16.2. The minimum Gasteiger partial charge on any atom is -0.350 e. The molecule has 0 saturated heterocycles. The lowest BCUT2D eigenvalue weighted by Gasteiger charge is -2.33. The molecule has 20 heavy (non-hydrogen) atoms. The van der Waals surface area contributed by atoms with Gasteiger partial charge >= 0.3 is 0 Å². The smallest absolute Gasteiger partial charge is 0.170 e. The minimum absolute atomic E-state index is 0.200. The highest BCUT2D eigenvalue weighted by Crippen LogP contribution is 2.31. The van der Waals surface area contributed by atoms with Gasteiger partial charge in [-0.1, -0.05) is 32.4 Å². The van der Waals surface area contributed by atoms with E-state index in [-0.39, 0.29) is 11.2 Å². The molecule has 110 valence electrons. The van der Waals surface area contributed by atoms with Crippen molar-refractivity contribution in [1.29, 1.82) is 0 Å². The van der Waals surface area contributed by atoms with Gasteiger partial charge in [-0.15, -0.1) is 0 Å². The average molecular weight is 277 g/mol. The number of hydrogen-bond donors (Lipinski definition) is 1. The molecule has 1 aromatic heterocycles. The Morgan fingerprint density at radius 2 is 2.15 bits per heavy atom. The van der Waals surface area contributed by atoms with E-state index in [0.29, 0.717) is 17.9 Å². The van der Waals surface area contributed by atoms with Crippen LogP contribution in [0.25, 0.3) is 0 Å². The van der Waals surface area contributed by atoms with E-state index in [0.717, 1.165) is 19.5 Å². The van der Waals surface area contributed by atoms with Gasteiger partial charge in [0.25, 0.3) is 0 Å². The molecule has 1 N–H and O–H groups in total. The summed E-state index contributed by atoms with van der Waals surface area (Å²) >= 11 is 0. The molecule has 1 aliphatic rings. The molecule has 0 radical (unpaired) electrons. The fourth-order valence-corrected chi connectivity index (χ4v) is 2.56. The molecule has 2 rings (SSSR count). The SMILES string of the molecule is CNCc1ccnc(N2CC=C(C(C)(C)C)CC2)c1F. The first kappa shape index (κ1) is 15.0. The molecule has 0 spiro atoms. The van der Waals surface area contributed by atoms with Gasteiger partial charge in [0.15, 0.2) is 11.6 Å². The molecule has 4 heteroatoms. The van der Waals surface area contributed by atoms with Crippen molar-refractivity contribution in [1.82, 2.24) is 10.3 Å². The summed E-state index contributed by atoms with van der Waals surface area (Å²) in [4.78, 5) is 6.24. The van der Waals surface area contributed by atoms with Crippen LogP contribution in [-0.4, -0.2) is 25.1 Å². The zero-order valence-electron chi connectivity index (χ0n) is 12.8. The molecule has 1 aliphatic heterocycles. The van der Waals surface area contributed by atoms with Gasteiger partial charge in [0.1, 0.15) is 0 Å². The fraction of sp³-hybridized carbons (Fsp3) is 0.562. The second-order valence-corrected chi connectivity index (χ2v) is 6.31. The van der Waals surface area contributed by atoms with E-state index in [1.807, 2.05) is 11.9 Å². The van der Waals surface area contributed by atoms with E-state index in [9.17, 15) is 4.39 Å². The van der Waals surface area contributed by atoms with E-state index in [1.54, 1.807) is 12.3 Å². The van der Waals surface area contributed by atoms with Crippen molar-refractivity contribution in [2.45, 2.75) is 33.7 Å². The first-order chi connectivity index (χ1) is 9.43. The maximum atomic E-state index is 14.4. The molecule has 0 atom stereocenters. The number of halogens is 1. The number of nitrogens with one attached hydrogen (secondary N) is 1. The van der Waals surface area contributed by atoms with Gasteiger partial charge in [-0.25, -0.2) is 9.37 Å². The lowest BCUT2D eigenvalue weighted by Crippen LogP contribution is -2.32. The highest BCUT2D eigenvalue weighted by molar-refractivity contribution is 5.45. The van der Waals surface area contributed by atoms with E-state index >= 15 is 0 Å². The van der Waals surface area contributed by atoms with Crippen LogP contribution in [0.4, 0.5) is 10.2 Å². The third-order valence-corrected chi connectivity index (χ3v) is 3.79. The van der Waals surface area contributed by atoms with Gasteiger partial charge in [0, 0.05) is 31.4 Å². The summed E-state index contributed by atoms with van der Waals surface area (Å²) in [5, 5.41) is 2.98. The summed E-state index contributed by atoms with van der Waals surface area (Å²) in [5.74, 6) is 0.274. The molecule has 0 aromatic carbocycles. The van der Waals surface area contributed by atoms with Gasteiger partial charge in [-0.3, -0.25) is 0 Å². The Morgan fingerprint density at radius 1 is 1.40 bits per heavy atom. The largest absolute Gasteiger partial charge is 0.350 e. The standard InChI is InChI=1S/C16H24FN3/c1-16(2,3)13-6-9-20(10-7-13)15-14(17)12(11-18-4)5-8-19-15/h5-6,8,18H,7,9-11H2,1-4H3. The molecule has 0 saturated carbocycles. The molecular weight excluding hydrogens is 253 g/mol. The number of hydrogen-bond acceptors (Lipinski definition) is 3. The lowest BCUT2D eigenvalue weighted by atomic mass is 9.83. The predicted octanol–water partition coefficient (Wildman–Crippen LogP) is 3.12. The van der Waals surface area contributed by atoms with Gasteiger partial charge < -0.3 is 10.2 Å². The van der Waals surface area contributed by atoms with E-state index in [4.69, 9.17) is 0 Å². The molecular formula is C16H24FN3. The fourth-order valence-electron chi connectivity index (χ4n) is 2.56. The molecule has 1 aromatic rings. The maximum Gasteiger partial charge on any atom is 0.170 e. The topological polar surface area (TPSA) is 28.2 Å². The number of aromatic nitrogens is 1. The molecule has 0 fully saturated rings. The zero-order valence-corrected chi connectivity index (χ0v) is 12.8. The Bertz CT molecular complexity index is 503. The summed E-state index contributed by atoms with van der Waals surface area (Å²) in [6, 6.07) is 1.73. The quantitative estimate of drug-likeness (QED) is 0.860. The van der Waals surface area contributed by atoms with Crippen molar-refractivity contribution >= 4 is 5.82 Å². The van der Waals surface area contributed by atoms with Gasteiger partial charge in [-0.05, 0) is 24.9 Å². The van der Waals surface area contributed by atoms with Crippen LogP contribution in [0.1, 0.15) is 32.8 Å². The minimum atomic E-state index is -0.200. The summed E-state index contributed by atoms with van der Waals surface area (Å²) in [7, 11) is 1.82. The van der Waals surface area contributed by atoms with Crippen molar-refractivity contribution in [3.05, 3.63) is 35.3 Å². The molecule has 0 bridgehead atoms. The lowest BCUT2D eigenvalue weighted by molar-refractivity contribution is 0.470. The third-order valence-electron chi connectivity index (χ3n) is 3.79. The van der Waals surface area contributed by atoms with Gasteiger partial charge in [0.2, 0.25) is 0 Å². The Balaban J connectivity index is 2.19. The van der Waals surface area contributed by atoms with Crippen LogP contribution in [0.2, 0.25) is 0 Å². The predicted molar refractivity (Wildman–Crippen MR) is 81.3 cm³/mol. The molecule has 0 unspecified atom stereocenters. The van der Waals surface area contributed by atoms with Crippen LogP contribution in [0.15, 0.2) is 23.9 Å². The van der Waals surface area contributed by atoms with Crippen LogP contribution >= 0.6 is 0 Å². The van der Waals surface area contributed by atoms with Crippen LogP contribution in [0, 0.1) is 11.2 Å². The van der Waals surface area contributed by atoms with E-state index in [1.165, 1.54) is 5.57 Å². The molecule has 0 amide bonds. The number of rotatable bonds is 3. The molecule has 0 aliphatic carbocycles. The monoisotopic (exact) mass is 277 g/mol. The van der Waals surface area contributed by atoms with Crippen molar-refractivity contribution < 1.29 is 4.39 Å². The van der Waals surface area contributed by atoms with Crippen molar-refractivity contribution in [3.8, 4) is 0 Å². The second-order valence-electron chi connectivity index (χ2n) is 6.31. The Hall–Kier alpha value is -1.42. The maximum absolute atomic E-state index is 14.4. The number of anilines is 1. The highest BCUT2D eigenvalue weighted by Gasteiger charge is 2.23. The summed E-state index contributed by atoms with van der Waals surface area (Å²) in [6.45, 7) is 8.76. The zero-order chi connectivity index (χ0) is 14.8. The van der Waals surface area contributed by atoms with Gasteiger partial charge in [0.05, 0.1) is 0 Å². The van der Waals surface area contributed by atoms with E-state index in [2.05, 4.69) is 37.1 Å². The van der Waals surface area contributed by atoms with Crippen molar-refractivity contribution in [3.63, 3.8) is 0 Å². The van der Waals surface area contributed by atoms with Crippen LogP contribution in [0.5, 0.6) is 0 Å². The first-order valence-corrected chi connectivity index (χ1v) is 7.16. The second kappa shape index (κ2) is 5.92. The highest BCUT2D eigenvalue weighted by atomic mass is 19.1. The summed E-state index contributed by atoms with van der Waals surface area (Å²) in [5.41, 5.74) is 2.31. The Labute approximate surface area is 120 Å². The van der Waals surface area contributed by atoms with Crippen LogP contribution in [-0.2, 0) is 6.54 Å². The molecule has 3 nitrogen and oxygen atoms in total. The summed E-state index contributed by atoms with van der Waals surface area (Å²) in [6.07, 6.45) is 4.88. The third kappa shape index (κ3) is 3.18. The van der Waals surface area contributed by atoms with Gasteiger partial charge in [-0.2, -0.15) is 0 Å². The van der Waals surface area contributed by atoms with E-state index < -0.39 is 0 Å². The van der Waals surface area contributed by atoms with Crippen LogP contribution < -0.4 is 10.2 Å². The number of nitrogens with zero attached hydrogens (tertiary/aromatic N) is 2. The first-order valence-electron chi connectivity index (χ1n) is 7.16. The summed E-state index contributed by atoms with van der Waals surface area (Å²) < 4.78 is 14.4. The van der Waals surface area contributed by atoms with Crippen LogP contribution in [0.3, 0.4) is 0 Å². The number of pyridine rings is 1.